The van der Waals surface area contributed by atoms with Crippen molar-refractivity contribution in [2.45, 2.75) is 13.2 Å². The van der Waals surface area contributed by atoms with E-state index in [0.29, 0.717) is 28.6 Å². The SMILES string of the molecule is N#Cc1cccc(C(=O)NCc2noc(COc3ccccc3)n2)c1. The Morgan fingerprint density at radius 2 is 2.04 bits per heavy atom. The fourth-order valence-corrected chi connectivity index (χ4v) is 2.07. The molecular formula is C18H14N4O3. The molecule has 0 atom stereocenters. The second-order valence-corrected chi connectivity index (χ2v) is 5.08. The molecule has 3 rings (SSSR count). The number of aromatic nitrogens is 2. The molecule has 0 saturated heterocycles. The van der Waals surface area contributed by atoms with Gasteiger partial charge in [0.05, 0.1) is 18.2 Å². The molecule has 3 aromatic rings. The van der Waals surface area contributed by atoms with Crippen molar-refractivity contribution < 1.29 is 14.1 Å². The maximum absolute atomic E-state index is 12.1. The molecule has 25 heavy (non-hydrogen) atoms. The van der Waals surface area contributed by atoms with Gasteiger partial charge < -0.3 is 14.6 Å². The van der Waals surface area contributed by atoms with Gasteiger partial charge in [-0.15, -0.1) is 0 Å². The van der Waals surface area contributed by atoms with Crippen LogP contribution in [-0.2, 0) is 13.2 Å². The number of rotatable bonds is 6. The number of nitriles is 1. The predicted molar refractivity (Wildman–Crippen MR) is 87.4 cm³/mol. The summed E-state index contributed by atoms with van der Waals surface area (Å²) < 4.78 is 10.6. The van der Waals surface area contributed by atoms with Gasteiger partial charge in [-0.05, 0) is 30.3 Å². The summed E-state index contributed by atoms with van der Waals surface area (Å²) in [4.78, 5) is 16.2. The number of nitrogens with one attached hydrogen (secondary N) is 1. The number of ether oxygens (including phenoxy) is 1. The van der Waals surface area contributed by atoms with E-state index in [1.807, 2.05) is 36.4 Å². The van der Waals surface area contributed by atoms with Gasteiger partial charge in [-0.2, -0.15) is 10.2 Å². The number of para-hydroxylation sites is 1. The molecule has 1 amide bonds. The zero-order valence-corrected chi connectivity index (χ0v) is 13.2. The van der Waals surface area contributed by atoms with Gasteiger partial charge in [-0.3, -0.25) is 4.79 Å². The topological polar surface area (TPSA) is 101 Å². The molecule has 0 radical (unpaired) electrons. The molecule has 1 aromatic heterocycles. The van der Waals surface area contributed by atoms with Crippen LogP contribution in [0.5, 0.6) is 5.75 Å². The molecule has 0 saturated carbocycles. The van der Waals surface area contributed by atoms with Crippen LogP contribution in [-0.4, -0.2) is 16.0 Å². The van der Waals surface area contributed by atoms with Crippen molar-refractivity contribution in [1.82, 2.24) is 15.5 Å². The number of carbonyl (C=O) groups excluding carboxylic acids is 1. The maximum atomic E-state index is 12.1. The van der Waals surface area contributed by atoms with Gasteiger partial charge >= 0.3 is 0 Å². The minimum absolute atomic E-state index is 0.116. The highest BCUT2D eigenvalue weighted by Crippen LogP contribution is 2.11. The van der Waals surface area contributed by atoms with Crippen LogP contribution in [0.4, 0.5) is 0 Å². The number of hydrogen-bond acceptors (Lipinski definition) is 6. The van der Waals surface area contributed by atoms with E-state index in [4.69, 9.17) is 14.5 Å². The molecule has 1 N–H and O–H groups in total. The lowest BCUT2D eigenvalue weighted by atomic mass is 10.1. The van der Waals surface area contributed by atoms with Gasteiger partial charge in [-0.25, -0.2) is 0 Å². The van der Waals surface area contributed by atoms with Gasteiger partial charge in [0, 0.05) is 5.56 Å². The smallest absolute Gasteiger partial charge is 0.264 e. The van der Waals surface area contributed by atoms with E-state index < -0.39 is 0 Å². The third-order valence-electron chi connectivity index (χ3n) is 3.28. The molecule has 0 aliphatic rings. The Labute approximate surface area is 143 Å². The molecule has 2 aromatic carbocycles. The largest absolute Gasteiger partial charge is 0.484 e. The monoisotopic (exact) mass is 334 g/mol. The van der Waals surface area contributed by atoms with Crippen LogP contribution in [0.15, 0.2) is 59.1 Å². The molecule has 124 valence electrons. The number of hydrogen-bond donors (Lipinski definition) is 1. The molecule has 7 nitrogen and oxygen atoms in total. The van der Waals surface area contributed by atoms with Crippen LogP contribution in [0, 0.1) is 11.3 Å². The minimum Gasteiger partial charge on any atom is -0.484 e. The van der Waals surface area contributed by atoms with Crippen molar-refractivity contribution in [2.75, 3.05) is 0 Å². The lowest BCUT2D eigenvalue weighted by Crippen LogP contribution is -2.23. The van der Waals surface area contributed by atoms with Crippen LogP contribution in [0.25, 0.3) is 0 Å². The Hall–Kier alpha value is -3.66. The van der Waals surface area contributed by atoms with Crippen LogP contribution < -0.4 is 10.1 Å². The summed E-state index contributed by atoms with van der Waals surface area (Å²) in [6.07, 6.45) is 0. The molecule has 0 unspecified atom stereocenters. The average molecular weight is 334 g/mol. The summed E-state index contributed by atoms with van der Waals surface area (Å²) in [5, 5.41) is 15.3. The van der Waals surface area contributed by atoms with E-state index in [9.17, 15) is 4.79 Å². The fraction of sp³-hybridized carbons (Fsp3) is 0.111. The zero-order chi connectivity index (χ0) is 17.5. The number of benzene rings is 2. The summed E-state index contributed by atoms with van der Waals surface area (Å²) >= 11 is 0. The summed E-state index contributed by atoms with van der Waals surface area (Å²) in [7, 11) is 0. The maximum Gasteiger partial charge on any atom is 0.264 e. The summed E-state index contributed by atoms with van der Waals surface area (Å²) in [6, 6.07) is 17.7. The van der Waals surface area contributed by atoms with Crippen molar-refractivity contribution in [1.29, 1.82) is 5.26 Å². The van der Waals surface area contributed by atoms with Crippen LogP contribution in [0.2, 0.25) is 0 Å². The Kier molecular flexibility index (Phi) is 5.02. The molecule has 0 bridgehead atoms. The van der Waals surface area contributed by atoms with Crippen molar-refractivity contribution >= 4 is 5.91 Å². The summed E-state index contributed by atoms with van der Waals surface area (Å²) in [6.45, 7) is 0.264. The van der Waals surface area contributed by atoms with E-state index in [0.717, 1.165) is 0 Å². The first-order valence-corrected chi connectivity index (χ1v) is 7.52. The predicted octanol–water partition coefficient (Wildman–Crippen LogP) is 2.45. The Morgan fingerprint density at radius 3 is 2.84 bits per heavy atom. The standard InChI is InChI=1S/C18H14N4O3/c19-10-13-5-4-6-14(9-13)18(23)20-11-16-21-17(25-22-16)12-24-15-7-2-1-3-8-15/h1-9H,11-12H2,(H,20,23). The Balaban J connectivity index is 1.53. The summed E-state index contributed by atoms with van der Waals surface area (Å²) in [5.41, 5.74) is 0.822. The highest BCUT2D eigenvalue weighted by Gasteiger charge is 2.10. The van der Waals surface area contributed by atoms with E-state index >= 15 is 0 Å². The van der Waals surface area contributed by atoms with E-state index in [1.54, 1.807) is 18.2 Å². The minimum atomic E-state index is -0.316. The average Bonchev–Trinajstić information content (AvgIpc) is 3.13. The second-order valence-electron chi connectivity index (χ2n) is 5.08. The van der Waals surface area contributed by atoms with Gasteiger partial charge in [0.15, 0.2) is 12.4 Å². The molecule has 7 heteroatoms. The van der Waals surface area contributed by atoms with E-state index in [1.165, 1.54) is 6.07 Å². The molecule has 1 heterocycles. The molecule has 0 spiro atoms. The third kappa shape index (κ3) is 4.42. The van der Waals surface area contributed by atoms with Crippen molar-refractivity contribution in [2.24, 2.45) is 0 Å². The van der Waals surface area contributed by atoms with Crippen LogP contribution in [0.1, 0.15) is 27.6 Å². The van der Waals surface area contributed by atoms with Gasteiger partial charge in [0.1, 0.15) is 5.75 Å². The number of nitrogens with zero attached hydrogens (tertiary/aromatic N) is 3. The van der Waals surface area contributed by atoms with E-state index in [-0.39, 0.29) is 19.1 Å². The van der Waals surface area contributed by atoms with Gasteiger partial charge in [-0.1, -0.05) is 29.4 Å². The van der Waals surface area contributed by atoms with E-state index in [2.05, 4.69) is 15.5 Å². The highest BCUT2D eigenvalue weighted by atomic mass is 16.5. The third-order valence-corrected chi connectivity index (χ3v) is 3.28. The first-order chi connectivity index (χ1) is 12.2. The van der Waals surface area contributed by atoms with Gasteiger partial charge in [0.25, 0.3) is 11.8 Å². The number of amides is 1. The molecule has 0 aliphatic carbocycles. The fourth-order valence-electron chi connectivity index (χ4n) is 2.07. The number of carbonyl (C=O) groups is 1. The van der Waals surface area contributed by atoms with Crippen molar-refractivity contribution in [3.05, 3.63) is 77.4 Å². The molecule has 0 aliphatic heterocycles. The summed E-state index contributed by atoms with van der Waals surface area (Å²) in [5.74, 6) is 1.05. The molecular weight excluding hydrogens is 320 g/mol. The Morgan fingerprint density at radius 1 is 1.20 bits per heavy atom. The Bertz CT molecular complexity index is 900. The lowest BCUT2D eigenvalue weighted by molar-refractivity contribution is 0.0949. The van der Waals surface area contributed by atoms with Crippen molar-refractivity contribution in [3.63, 3.8) is 0 Å². The highest BCUT2D eigenvalue weighted by molar-refractivity contribution is 5.94. The molecule has 0 fully saturated rings. The van der Waals surface area contributed by atoms with Crippen LogP contribution in [0.3, 0.4) is 0 Å². The normalized spacial score (nSPS) is 10.0. The first-order valence-electron chi connectivity index (χ1n) is 7.52. The van der Waals surface area contributed by atoms with Crippen molar-refractivity contribution in [3.8, 4) is 11.8 Å². The first kappa shape index (κ1) is 16.2. The van der Waals surface area contributed by atoms with Crippen LogP contribution >= 0.6 is 0 Å². The second kappa shape index (κ2) is 7.75. The quantitative estimate of drug-likeness (QED) is 0.743. The van der Waals surface area contributed by atoms with Gasteiger partial charge in [0.2, 0.25) is 0 Å². The lowest BCUT2D eigenvalue weighted by Gasteiger charge is -2.02. The zero-order valence-electron chi connectivity index (χ0n) is 13.2.